The minimum atomic E-state index is -0.0880. The van der Waals surface area contributed by atoms with Crippen molar-refractivity contribution in [2.24, 2.45) is 0 Å². The van der Waals surface area contributed by atoms with Gasteiger partial charge in [-0.15, -0.1) is 0 Å². The highest BCUT2D eigenvalue weighted by Crippen LogP contribution is 2.19. The fourth-order valence-electron chi connectivity index (χ4n) is 1.97. The Hall–Kier alpha value is -1.36. The molecule has 1 fully saturated rings. The van der Waals surface area contributed by atoms with Crippen molar-refractivity contribution >= 4 is 27.7 Å². The molecule has 0 aromatic heterocycles. The van der Waals surface area contributed by atoms with Crippen molar-refractivity contribution in [3.63, 3.8) is 0 Å². The van der Waals surface area contributed by atoms with Crippen LogP contribution in [0.1, 0.15) is 28.8 Å². The average Bonchev–Trinajstić information content (AvgIpc) is 2.35. The van der Waals surface area contributed by atoms with Crippen LogP contribution in [0, 0.1) is 6.92 Å². The average molecular weight is 311 g/mol. The van der Waals surface area contributed by atoms with Gasteiger partial charge in [-0.25, -0.2) is 0 Å². The van der Waals surface area contributed by atoms with E-state index in [-0.39, 0.29) is 17.9 Å². The Morgan fingerprint density at radius 3 is 2.94 bits per heavy atom. The number of hydrogen-bond acceptors (Lipinski definition) is 2. The van der Waals surface area contributed by atoms with E-state index < -0.39 is 0 Å². The van der Waals surface area contributed by atoms with E-state index >= 15 is 0 Å². The molecule has 18 heavy (non-hydrogen) atoms. The van der Waals surface area contributed by atoms with E-state index in [0.717, 1.165) is 10.0 Å². The van der Waals surface area contributed by atoms with Crippen molar-refractivity contribution in [2.75, 3.05) is 6.54 Å². The summed E-state index contributed by atoms with van der Waals surface area (Å²) < 4.78 is 0.923. The first-order valence-electron chi connectivity index (χ1n) is 5.90. The van der Waals surface area contributed by atoms with Crippen molar-refractivity contribution in [2.45, 2.75) is 25.8 Å². The second-order valence-corrected chi connectivity index (χ2v) is 5.28. The Labute approximate surface area is 114 Å². The van der Waals surface area contributed by atoms with Crippen molar-refractivity contribution < 1.29 is 9.59 Å². The van der Waals surface area contributed by atoms with E-state index in [1.807, 2.05) is 19.1 Å². The summed E-state index contributed by atoms with van der Waals surface area (Å²) >= 11 is 3.41. The first-order chi connectivity index (χ1) is 8.58. The van der Waals surface area contributed by atoms with Gasteiger partial charge in [0.2, 0.25) is 5.91 Å². The van der Waals surface area contributed by atoms with E-state index in [9.17, 15) is 9.59 Å². The zero-order chi connectivity index (χ0) is 13.1. The largest absolute Gasteiger partial charge is 0.354 e. The summed E-state index contributed by atoms with van der Waals surface area (Å²) in [5, 5.41) is 5.70. The van der Waals surface area contributed by atoms with Crippen LogP contribution < -0.4 is 10.6 Å². The van der Waals surface area contributed by atoms with Crippen LogP contribution in [0.5, 0.6) is 0 Å². The maximum Gasteiger partial charge on any atom is 0.251 e. The molecule has 0 spiro atoms. The normalized spacial score (nSPS) is 19.2. The predicted octanol–water partition coefficient (Wildman–Crippen LogP) is 1.77. The Morgan fingerprint density at radius 1 is 1.50 bits per heavy atom. The molecule has 0 saturated carbocycles. The summed E-state index contributed by atoms with van der Waals surface area (Å²) in [6.07, 6.45) is 1.17. The van der Waals surface area contributed by atoms with Gasteiger partial charge in [-0.1, -0.05) is 22.0 Å². The van der Waals surface area contributed by atoms with E-state index in [1.54, 1.807) is 6.07 Å². The highest BCUT2D eigenvalue weighted by atomic mass is 79.9. The Bertz CT molecular complexity index is 478. The third-order valence-electron chi connectivity index (χ3n) is 3.11. The molecule has 1 aromatic rings. The zero-order valence-electron chi connectivity index (χ0n) is 10.1. The van der Waals surface area contributed by atoms with Crippen molar-refractivity contribution in [1.29, 1.82) is 0 Å². The number of hydrogen-bond donors (Lipinski definition) is 2. The van der Waals surface area contributed by atoms with Crippen molar-refractivity contribution in [3.8, 4) is 0 Å². The van der Waals surface area contributed by atoms with Crippen LogP contribution in [0.3, 0.4) is 0 Å². The van der Waals surface area contributed by atoms with Gasteiger partial charge in [0.1, 0.15) is 0 Å². The molecule has 1 unspecified atom stereocenters. The topological polar surface area (TPSA) is 58.2 Å². The lowest BCUT2D eigenvalue weighted by Crippen LogP contribution is -2.47. The molecule has 2 N–H and O–H groups in total. The first-order valence-corrected chi connectivity index (χ1v) is 6.70. The quantitative estimate of drug-likeness (QED) is 0.874. The van der Waals surface area contributed by atoms with E-state index in [1.165, 1.54) is 0 Å². The predicted molar refractivity (Wildman–Crippen MR) is 72.4 cm³/mol. The van der Waals surface area contributed by atoms with E-state index in [4.69, 9.17) is 0 Å². The van der Waals surface area contributed by atoms with Crippen LogP contribution in [-0.4, -0.2) is 24.4 Å². The molecule has 0 aliphatic carbocycles. The van der Waals surface area contributed by atoms with Gasteiger partial charge < -0.3 is 10.6 Å². The third-order valence-corrected chi connectivity index (χ3v) is 3.97. The lowest BCUT2D eigenvalue weighted by Gasteiger charge is -2.23. The highest BCUT2D eigenvalue weighted by molar-refractivity contribution is 9.10. The third kappa shape index (κ3) is 2.90. The summed E-state index contributed by atoms with van der Waals surface area (Å²) in [5.74, 6) is -0.0333. The second-order valence-electron chi connectivity index (χ2n) is 4.43. The van der Waals surface area contributed by atoms with Crippen LogP contribution in [0.15, 0.2) is 22.7 Å². The Morgan fingerprint density at radius 2 is 2.28 bits per heavy atom. The van der Waals surface area contributed by atoms with Gasteiger partial charge in [0.05, 0.1) is 0 Å². The number of halogens is 1. The number of carbonyl (C=O) groups excluding carboxylic acids is 2. The molecule has 1 aromatic carbocycles. The maximum atomic E-state index is 12.1. The van der Waals surface area contributed by atoms with Crippen LogP contribution in [-0.2, 0) is 4.79 Å². The Kier molecular flexibility index (Phi) is 4.01. The summed E-state index contributed by atoms with van der Waals surface area (Å²) in [7, 11) is 0. The fraction of sp³-hybridized carbons (Fsp3) is 0.385. The van der Waals surface area contributed by atoms with E-state index in [0.29, 0.717) is 24.9 Å². The summed E-state index contributed by atoms with van der Waals surface area (Å²) in [4.78, 5) is 23.2. The van der Waals surface area contributed by atoms with Crippen LogP contribution >= 0.6 is 15.9 Å². The Balaban J connectivity index is 2.03. The number of nitrogens with one attached hydrogen (secondary N) is 2. The van der Waals surface area contributed by atoms with Crippen molar-refractivity contribution in [3.05, 3.63) is 33.8 Å². The zero-order valence-corrected chi connectivity index (χ0v) is 11.7. The monoisotopic (exact) mass is 310 g/mol. The number of carbonyl (C=O) groups is 2. The molecule has 1 saturated heterocycles. The smallest absolute Gasteiger partial charge is 0.251 e. The number of amides is 2. The van der Waals surface area contributed by atoms with E-state index in [2.05, 4.69) is 26.6 Å². The van der Waals surface area contributed by atoms with Gasteiger partial charge in [0, 0.05) is 29.0 Å². The molecule has 1 heterocycles. The molecule has 2 amide bonds. The molecule has 4 nitrogen and oxygen atoms in total. The molecule has 1 aliphatic heterocycles. The van der Waals surface area contributed by atoms with Gasteiger partial charge in [-0.3, -0.25) is 9.59 Å². The highest BCUT2D eigenvalue weighted by Gasteiger charge is 2.20. The molecule has 0 bridgehead atoms. The van der Waals surface area contributed by atoms with Gasteiger partial charge in [-0.2, -0.15) is 0 Å². The van der Waals surface area contributed by atoms with Crippen LogP contribution in [0.4, 0.5) is 0 Å². The molecule has 2 rings (SSSR count). The fourth-order valence-corrected chi connectivity index (χ4v) is 2.34. The van der Waals surface area contributed by atoms with Gasteiger partial charge in [0.25, 0.3) is 5.91 Å². The van der Waals surface area contributed by atoms with Gasteiger partial charge in [-0.05, 0) is 31.0 Å². The second kappa shape index (κ2) is 5.52. The molecular formula is C13H15BrN2O2. The number of benzene rings is 1. The molecule has 96 valence electrons. The van der Waals surface area contributed by atoms with Crippen molar-refractivity contribution in [1.82, 2.24) is 10.6 Å². The first kappa shape index (κ1) is 13.1. The molecule has 5 heteroatoms. The van der Waals surface area contributed by atoms with Crippen LogP contribution in [0.25, 0.3) is 0 Å². The summed E-state index contributed by atoms with van der Waals surface area (Å²) in [5.41, 5.74) is 1.59. The lowest BCUT2D eigenvalue weighted by molar-refractivity contribution is -0.122. The molecule has 1 atom stereocenters. The number of piperidine rings is 1. The molecule has 1 aliphatic rings. The summed E-state index contributed by atoms with van der Waals surface area (Å²) in [6.45, 7) is 2.42. The van der Waals surface area contributed by atoms with Crippen LogP contribution in [0.2, 0.25) is 0 Å². The maximum absolute atomic E-state index is 12.1. The number of rotatable bonds is 2. The molecule has 0 radical (unpaired) electrons. The standard InChI is InChI=1S/C13H15BrN2O2/c1-8-10(3-2-4-11(8)14)13(18)16-9-5-6-12(17)15-7-9/h2-4,9H,5-7H2,1H3,(H,15,17)(H,16,18). The minimum Gasteiger partial charge on any atom is -0.354 e. The van der Waals surface area contributed by atoms with Gasteiger partial charge >= 0.3 is 0 Å². The van der Waals surface area contributed by atoms with Gasteiger partial charge in [0.15, 0.2) is 0 Å². The minimum absolute atomic E-state index is 0.0218. The summed E-state index contributed by atoms with van der Waals surface area (Å²) in [6, 6.07) is 5.58. The SMILES string of the molecule is Cc1c(Br)cccc1C(=O)NC1CCC(=O)NC1. The lowest BCUT2D eigenvalue weighted by atomic mass is 10.0. The molecular weight excluding hydrogens is 296 g/mol.